The molecule has 162 valence electrons. The molecule has 32 heavy (non-hydrogen) atoms. The lowest BCUT2D eigenvalue weighted by Gasteiger charge is -2.29. The first-order valence-corrected chi connectivity index (χ1v) is 9.89. The summed E-state index contributed by atoms with van der Waals surface area (Å²) in [5.41, 5.74) is 1.01. The van der Waals surface area contributed by atoms with Gasteiger partial charge in [0.15, 0.2) is 5.11 Å². The Balaban J connectivity index is 1.75. The van der Waals surface area contributed by atoms with E-state index in [-0.39, 0.29) is 16.4 Å². The molecule has 1 fully saturated rings. The first kappa shape index (κ1) is 21.5. The number of halogens is 3. The number of aryl methyl sites for hydroxylation is 1. The minimum Gasteiger partial charge on any atom is -0.317 e. The van der Waals surface area contributed by atoms with Gasteiger partial charge in [-0.05, 0) is 73.2 Å². The number of alkyl halides is 3. The Kier molecular flexibility index (Phi) is 5.43. The van der Waals surface area contributed by atoms with Gasteiger partial charge >= 0.3 is 6.18 Å². The van der Waals surface area contributed by atoms with Crippen LogP contribution in [0, 0.1) is 6.92 Å². The second-order valence-corrected chi connectivity index (χ2v) is 7.53. The van der Waals surface area contributed by atoms with Crippen molar-refractivity contribution in [3.05, 3.63) is 89.3 Å². The van der Waals surface area contributed by atoms with E-state index in [1.165, 1.54) is 27.7 Å². The minimum absolute atomic E-state index is 0.0454. The molecule has 0 atom stereocenters. The predicted octanol–water partition coefficient (Wildman–Crippen LogP) is 4.64. The number of thiocarbonyl (C=S) groups is 1. The molecule has 0 saturated carbocycles. The highest BCUT2D eigenvalue weighted by Crippen LogP contribution is 2.31. The molecule has 4 rings (SSSR count). The predicted molar refractivity (Wildman–Crippen MR) is 118 cm³/mol. The summed E-state index contributed by atoms with van der Waals surface area (Å²) in [6.07, 6.45) is -1.61. The largest absolute Gasteiger partial charge is 0.416 e. The first-order valence-electron chi connectivity index (χ1n) is 9.48. The van der Waals surface area contributed by atoms with Crippen molar-refractivity contribution in [1.82, 2.24) is 9.88 Å². The third-order valence-electron chi connectivity index (χ3n) is 4.89. The first-order chi connectivity index (χ1) is 15.1. The minimum atomic E-state index is -4.50. The third-order valence-corrected chi connectivity index (χ3v) is 5.17. The molecule has 0 bridgehead atoms. The molecule has 3 aromatic rings. The molecular formula is C23H16F3N3O2S. The SMILES string of the molecule is Cc1cccc(N2C(=O)/C(=C\c3cccn3-c3cccc(C(F)(F)F)c3)C(=O)NC2=S)c1. The number of anilines is 1. The number of hydrogen-bond acceptors (Lipinski definition) is 3. The fourth-order valence-electron chi connectivity index (χ4n) is 3.39. The molecule has 0 spiro atoms. The standard InChI is InChI=1S/C23H16F3N3O2S/c1-14-5-2-8-18(11-14)29-21(31)19(20(30)27-22(29)32)13-17-9-4-10-28(17)16-7-3-6-15(12-16)23(24,25)26/h2-13H,1H3,(H,27,30,32)/b19-13-. The Labute approximate surface area is 186 Å². The average molecular weight is 455 g/mol. The normalized spacial score (nSPS) is 15.9. The lowest BCUT2D eigenvalue weighted by atomic mass is 10.1. The van der Waals surface area contributed by atoms with Crippen LogP contribution in [0.4, 0.5) is 18.9 Å². The van der Waals surface area contributed by atoms with E-state index in [1.54, 1.807) is 36.5 Å². The van der Waals surface area contributed by atoms with Crippen molar-refractivity contribution in [2.45, 2.75) is 13.1 Å². The van der Waals surface area contributed by atoms with Crippen LogP contribution in [0.5, 0.6) is 0 Å². The molecule has 5 nitrogen and oxygen atoms in total. The smallest absolute Gasteiger partial charge is 0.317 e. The summed E-state index contributed by atoms with van der Waals surface area (Å²) in [5.74, 6) is -1.30. The number of carbonyl (C=O) groups excluding carboxylic acids is 2. The second kappa shape index (κ2) is 8.08. The van der Waals surface area contributed by atoms with Gasteiger partial charge in [-0.15, -0.1) is 0 Å². The van der Waals surface area contributed by atoms with Gasteiger partial charge in [-0.2, -0.15) is 13.2 Å². The van der Waals surface area contributed by atoms with Crippen LogP contribution in [-0.2, 0) is 15.8 Å². The van der Waals surface area contributed by atoms with Gasteiger partial charge in [0, 0.05) is 17.6 Å². The summed E-state index contributed by atoms with van der Waals surface area (Å²) in [6, 6.07) is 15.1. The summed E-state index contributed by atoms with van der Waals surface area (Å²) in [4.78, 5) is 26.9. The monoisotopic (exact) mass is 455 g/mol. The summed E-state index contributed by atoms with van der Waals surface area (Å²) >= 11 is 5.19. The van der Waals surface area contributed by atoms with Crippen LogP contribution in [0.25, 0.3) is 11.8 Å². The molecular weight excluding hydrogens is 439 g/mol. The van der Waals surface area contributed by atoms with Crippen LogP contribution in [0.2, 0.25) is 0 Å². The van der Waals surface area contributed by atoms with Crippen molar-refractivity contribution in [3.63, 3.8) is 0 Å². The summed E-state index contributed by atoms with van der Waals surface area (Å²) < 4.78 is 40.8. The van der Waals surface area contributed by atoms with Gasteiger partial charge in [0.2, 0.25) is 0 Å². The Morgan fingerprint density at radius 1 is 0.969 bits per heavy atom. The van der Waals surface area contributed by atoms with E-state index >= 15 is 0 Å². The maximum Gasteiger partial charge on any atom is 0.416 e. The number of carbonyl (C=O) groups is 2. The van der Waals surface area contributed by atoms with E-state index in [4.69, 9.17) is 12.2 Å². The van der Waals surface area contributed by atoms with E-state index in [1.807, 2.05) is 13.0 Å². The van der Waals surface area contributed by atoms with Crippen LogP contribution < -0.4 is 10.2 Å². The fourth-order valence-corrected chi connectivity index (χ4v) is 3.67. The Bertz CT molecular complexity index is 1280. The van der Waals surface area contributed by atoms with Crippen LogP contribution in [0.3, 0.4) is 0 Å². The molecule has 1 N–H and O–H groups in total. The van der Waals surface area contributed by atoms with Crippen molar-refractivity contribution >= 4 is 40.9 Å². The van der Waals surface area contributed by atoms with Crippen LogP contribution >= 0.6 is 12.2 Å². The van der Waals surface area contributed by atoms with E-state index in [0.29, 0.717) is 11.4 Å². The quantitative estimate of drug-likeness (QED) is 0.356. The van der Waals surface area contributed by atoms with Crippen molar-refractivity contribution in [2.75, 3.05) is 4.90 Å². The number of aromatic nitrogens is 1. The van der Waals surface area contributed by atoms with E-state index in [0.717, 1.165) is 17.7 Å². The number of amides is 2. The van der Waals surface area contributed by atoms with E-state index in [9.17, 15) is 22.8 Å². The highest BCUT2D eigenvalue weighted by atomic mass is 32.1. The van der Waals surface area contributed by atoms with E-state index < -0.39 is 23.6 Å². The van der Waals surface area contributed by atoms with Crippen molar-refractivity contribution in [1.29, 1.82) is 0 Å². The van der Waals surface area contributed by atoms with Gasteiger partial charge in [0.1, 0.15) is 5.57 Å². The second-order valence-electron chi connectivity index (χ2n) is 7.15. The van der Waals surface area contributed by atoms with Gasteiger partial charge in [-0.1, -0.05) is 18.2 Å². The molecule has 0 radical (unpaired) electrons. The summed E-state index contributed by atoms with van der Waals surface area (Å²) in [7, 11) is 0. The molecule has 2 aromatic carbocycles. The Morgan fingerprint density at radius 2 is 1.69 bits per heavy atom. The number of nitrogens with zero attached hydrogens (tertiary/aromatic N) is 2. The van der Waals surface area contributed by atoms with Gasteiger partial charge in [-0.25, -0.2) is 0 Å². The van der Waals surface area contributed by atoms with Crippen LogP contribution in [0.1, 0.15) is 16.8 Å². The molecule has 9 heteroatoms. The van der Waals surface area contributed by atoms with Gasteiger partial charge in [-0.3, -0.25) is 19.8 Å². The lowest BCUT2D eigenvalue weighted by molar-refractivity contribution is -0.137. The Hall–Kier alpha value is -3.72. The number of hydrogen-bond donors (Lipinski definition) is 1. The lowest BCUT2D eigenvalue weighted by Crippen LogP contribution is -2.54. The van der Waals surface area contributed by atoms with Gasteiger partial charge in [0.25, 0.3) is 11.8 Å². The third kappa shape index (κ3) is 4.06. The summed E-state index contributed by atoms with van der Waals surface area (Å²) in [6.45, 7) is 1.86. The van der Waals surface area contributed by atoms with Gasteiger partial charge in [0.05, 0.1) is 11.3 Å². The average Bonchev–Trinajstić information content (AvgIpc) is 3.19. The van der Waals surface area contributed by atoms with Gasteiger partial charge < -0.3 is 4.57 Å². The molecule has 1 aromatic heterocycles. The van der Waals surface area contributed by atoms with Crippen molar-refractivity contribution < 1.29 is 22.8 Å². The zero-order valence-electron chi connectivity index (χ0n) is 16.7. The Morgan fingerprint density at radius 3 is 2.41 bits per heavy atom. The molecule has 1 aliphatic heterocycles. The molecule has 0 unspecified atom stereocenters. The fraction of sp³-hybridized carbons (Fsp3) is 0.0870. The molecule has 2 heterocycles. The highest BCUT2D eigenvalue weighted by molar-refractivity contribution is 7.80. The van der Waals surface area contributed by atoms with Crippen LogP contribution in [-0.4, -0.2) is 21.5 Å². The van der Waals surface area contributed by atoms with Crippen molar-refractivity contribution in [2.24, 2.45) is 0 Å². The molecule has 1 aliphatic rings. The zero-order chi connectivity index (χ0) is 23.0. The van der Waals surface area contributed by atoms with E-state index in [2.05, 4.69) is 5.32 Å². The molecule has 0 aliphatic carbocycles. The number of rotatable bonds is 3. The van der Waals surface area contributed by atoms with Crippen LogP contribution in [0.15, 0.2) is 72.4 Å². The highest BCUT2D eigenvalue weighted by Gasteiger charge is 2.35. The van der Waals surface area contributed by atoms with Crippen molar-refractivity contribution in [3.8, 4) is 5.69 Å². The topological polar surface area (TPSA) is 54.3 Å². The number of benzene rings is 2. The molecule has 2 amide bonds. The summed E-state index contributed by atoms with van der Waals surface area (Å²) in [5, 5.41) is 2.45. The zero-order valence-corrected chi connectivity index (χ0v) is 17.5. The molecule has 1 saturated heterocycles. The number of nitrogens with one attached hydrogen (secondary N) is 1. The maximum absolute atomic E-state index is 13.2. The maximum atomic E-state index is 13.2.